The Bertz CT molecular complexity index is 450. The van der Waals surface area contributed by atoms with Crippen LogP contribution in [0, 0.1) is 5.41 Å². The van der Waals surface area contributed by atoms with E-state index in [1.165, 1.54) is 11.3 Å². The van der Waals surface area contributed by atoms with Crippen molar-refractivity contribution in [1.29, 1.82) is 0 Å². The van der Waals surface area contributed by atoms with Crippen LogP contribution < -0.4 is 5.73 Å². The maximum absolute atomic E-state index is 12.2. The summed E-state index contributed by atoms with van der Waals surface area (Å²) in [5, 5.41) is 1.75. The van der Waals surface area contributed by atoms with E-state index in [-0.39, 0.29) is 11.8 Å². The Hall–Kier alpha value is -1.43. The molecule has 1 fully saturated rings. The minimum Gasteiger partial charge on any atom is -0.369 e. The highest BCUT2D eigenvalue weighted by Crippen LogP contribution is 2.36. The van der Waals surface area contributed by atoms with Gasteiger partial charge in [0.1, 0.15) is 5.69 Å². The Morgan fingerprint density at radius 2 is 2.16 bits per heavy atom. The van der Waals surface area contributed by atoms with Gasteiger partial charge in [0.05, 0.1) is 10.9 Å². The average Bonchev–Trinajstić information content (AvgIpc) is 2.93. The van der Waals surface area contributed by atoms with Gasteiger partial charge < -0.3 is 10.6 Å². The van der Waals surface area contributed by atoms with E-state index >= 15 is 0 Å². The van der Waals surface area contributed by atoms with Crippen LogP contribution in [-0.4, -0.2) is 34.8 Å². The number of hydrogen-bond acceptors (Lipinski definition) is 4. The topological polar surface area (TPSA) is 76.3 Å². The molecule has 1 saturated heterocycles. The molecule has 1 aromatic rings. The quantitative estimate of drug-likeness (QED) is 0.911. The summed E-state index contributed by atoms with van der Waals surface area (Å²) in [5.74, 6) is -0.272. The van der Waals surface area contributed by atoms with E-state index < -0.39 is 5.41 Å². The van der Waals surface area contributed by atoms with Crippen LogP contribution in [0.1, 0.15) is 43.1 Å². The van der Waals surface area contributed by atoms with Crippen molar-refractivity contribution in [2.24, 2.45) is 11.1 Å². The van der Waals surface area contributed by atoms with Gasteiger partial charge >= 0.3 is 0 Å². The summed E-state index contributed by atoms with van der Waals surface area (Å²) in [6, 6.07) is 0. The monoisotopic (exact) mass is 281 g/mol. The van der Waals surface area contributed by atoms with Gasteiger partial charge in [-0.25, -0.2) is 4.98 Å². The van der Waals surface area contributed by atoms with Crippen molar-refractivity contribution in [2.75, 3.05) is 13.1 Å². The summed E-state index contributed by atoms with van der Waals surface area (Å²) in [5.41, 5.74) is 7.28. The summed E-state index contributed by atoms with van der Waals surface area (Å²) in [4.78, 5) is 29.6. The molecule has 0 atom stereocenters. The van der Waals surface area contributed by atoms with Crippen molar-refractivity contribution in [1.82, 2.24) is 9.88 Å². The summed E-state index contributed by atoms with van der Waals surface area (Å²) in [6.07, 6.45) is 3.06. The van der Waals surface area contributed by atoms with Crippen molar-refractivity contribution >= 4 is 23.2 Å². The molecule has 2 rings (SSSR count). The normalized spacial score (nSPS) is 18.3. The van der Waals surface area contributed by atoms with Gasteiger partial charge in [-0.1, -0.05) is 13.3 Å². The van der Waals surface area contributed by atoms with Crippen LogP contribution in [0.25, 0.3) is 0 Å². The Morgan fingerprint density at radius 1 is 1.47 bits per heavy atom. The molecule has 0 unspecified atom stereocenters. The number of likely N-dealkylation sites (tertiary alicyclic amines) is 1. The SMILES string of the molecule is CCCC1(C(N)=O)CCN(C(=O)c2cscn2)CC1. The van der Waals surface area contributed by atoms with Gasteiger partial charge in [-0.05, 0) is 19.3 Å². The summed E-state index contributed by atoms with van der Waals surface area (Å²) in [6.45, 7) is 3.22. The molecule has 2 heterocycles. The number of aromatic nitrogens is 1. The standard InChI is InChI=1S/C13H19N3O2S/c1-2-3-13(12(14)18)4-6-16(7-5-13)11(17)10-8-19-9-15-10/h8-9H,2-7H2,1H3,(H2,14,18). The number of carbonyl (C=O) groups excluding carboxylic acids is 2. The van der Waals surface area contributed by atoms with Gasteiger partial charge in [-0.2, -0.15) is 0 Å². The van der Waals surface area contributed by atoms with E-state index in [4.69, 9.17) is 5.73 Å². The maximum Gasteiger partial charge on any atom is 0.273 e. The van der Waals surface area contributed by atoms with E-state index in [9.17, 15) is 9.59 Å². The molecule has 2 amide bonds. The second-order valence-corrected chi connectivity index (χ2v) is 5.78. The molecule has 6 heteroatoms. The number of carbonyl (C=O) groups is 2. The first kappa shape index (κ1) is 14.0. The Kier molecular flexibility index (Phi) is 4.19. The number of amides is 2. The number of hydrogen-bond donors (Lipinski definition) is 1. The zero-order valence-corrected chi connectivity index (χ0v) is 11.9. The predicted octanol–water partition coefficient (Wildman–Crippen LogP) is 1.65. The Morgan fingerprint density at radius 3 is 2.63 bits per heavy atom. The number of nitrogens with two attached hydrogens (primary N) is 1. The molecule has 19 heavy (non-hydrogen) atoms. The summed E-state index contributed by atoms with van der Waals surface area (Å²) in [7, 11) is 0. The smallest absolute Gasteiger partial charge is 0.273 e. The number of primary amides is 1. The number of piperidine rings is 1. The second kappa shape index (κ2) is 5.69. The van der Waals surface area contributed by atoms with Crippen molar-refractivity contribution in [3.8, 4) is 0 Å². The minimum atomic E-state index is -0.423. The van der Waals surface area contributed by atoms with Crippen LogP contribution in [0.3, 0.4) is 0 Å². The fourth-order valence-corrected chi connectivity index (χ4v) is 3.24. The van der Waals surface area contributed by atoms with E-state index in [1.54, 1.807) is 15.8 Å². The van der Waals surface area contributed by atoms with Gasteiger partial charge in [0.25, 0.3) is 5.91 Å². The van der Waals surface area contributed by atoms with Crippen molar-refractivity contribution in [3.63, 3.8) is 0 Å². The Balaban J connectivity index is 2.02. The van der Waals surface area contributed by atoms with Crippen molar-refractivity contribution in [3.05, 3.63) is 16.6 Å². The number of rotatable bonds is 4. The fourth-order valence-electron chi connectivity index (χ4n) is 2.72. The molecule has 0 radical (unpaired) electrons. The molecule has 0 saturated carbocycles. The summed E-state index contributed by atoms with van der Waals surface area (Å²) >= 11 is 1.41. The van der Waals surface area contributed by atoms with E-state index in [1.807, 2.05) is 0 Å². The highest BCUT2D eigenvalue weighted by Gasteiger charge is 2.40. The van der Waals surface area contributed by atoms with Crippen molar-refractivity contribution in [2.45, 2.75) is 32.6 Å². The first-order chi connectivity index (χ1) is 9.09. The lowest BCUT2D eigenvalue weighted by atomic mass is 9.74. The largest absolute Gasteiger partial charge is 0.369 e. The van der Waals surface area contributed by atoms with Crippen LogP contribution in [0.2, 0.25) is 0 Å². The average molecular weight is 281 g/mol. The van der Waals surface area contributed by atoms with Crippen LogP contribution in [0.4, 0.5) is 0 Å². The number of thiazole rings is 1. The lowest BCUT2D eigenvalue weighted by molar-refractivity contribution is -0.130. The van der Waals surface area contributed by atoms with Crippen LogP contribution in [-0.2, 0) is 4.79 Å². The molecule has 104 valence electrons. The second-order valence-electron chi connectivity index (χ2n) is 5.06. The molecule has 2 N–H and O–H groups in total. The van der Waals surface area contributed by atoms with Gasteiger partial charge in [-0.3, -0.25) is 9.59 Å². The van der Waals surface area contributed by atoms with Crippen LogP contribution >= 0.6 is 11.3 Å². The number of nitrogens with zero attached hydrogens (tertiary/aromatic N) is 2. The summed E-state index contributed by atoms with van der Waals surface area (Å²) < 4.78 is 0. The van der Waals surface area contributed by atoms with Crippen molar-refractivity contribution < 1.29 is 9.59 Å². The molecule has 1 aliphatic heterocycles. The third-order valence-electron chi connectivity index (χ3n) is 3.91. The molecule has 0 bridgehead atoms. The van der Waals surface area contributed by atoms with Gasteiger partial charge in [0.2, 0.25) is 5.91 Å². The molecule has 0 aliphatic carbocycles. The zero-order valence-electron chi connectivity index (χ0n) is 11.1. The van der Waals surface area contributed by atoms with E-state index in [0.29, 0.717) is 31.6 Å². The predicted molar refractivity (Wildman–Crippen MR) is 73.8 cm³/mol. The van der Waals surface area contributed by atoms with E-state index in [0.717, 1.165) is 12.8 Å². The molecule has 0 spiro atoms. The highest BCUT2D eigenvalue weighted by molar-refractivity contribution is 7.07. The van der Waals surface area contributed by atoms with Crippen LogP contribution in [0.15, 0.2) is 10.9 Å². The third kappa shape index (κ3) is 2.78. The first-order valence-corrected chi connectivity index (χ1v) is 7.51. The third-order valence-corrected chi connectivity index (χ3v) is 4.50. The molecular weight excluding hydrogens is 262 g/mol. The molecular formula is C13H19N3O2S. The lowest BCUT2D eigenvalue weighted by Crippen LogP contribution is -2.48. The zero-order chi connectivity index (χ0) is 13.9. The minimum absolute atomic E-state index is 0.0455. The van der Waals surface area contributed by atoms with Crippen LogP contribution in [0.5, 0.6) is 0 Å². The molecule has 5 nitrogen and oxygen atoms in total. The molecule has 1 aliphatic rings. The van der Waals surface area contributed by atoms with Gasteiger partial charge in [-0.15, -0.1) is 11.3 Å². The van der Waals surface area contributed by atoms with E-state index in [2.05, 4.69) is 11.9 Å². The Labute approximate surface area is 116 Å². The molecule has 1 aromatic heterocycles. The molecule has 0 aromatic carbocycles. The van der Waals surface area contributed by atoms with Gasteiger partial charge in [0.15, 0.2) is 0 Å². The first-order valence-electron chi connectivity index (χ1n) is 6.56. The highest BCUT2D eigenvalue weighted by atomic mass is 32.1. The maximum atomic E-state index is 12.2. The lowest BCUT2D eigenvalue weighted by Gasteiger charge is -2.39. The fraction of sp³-hybridized carbons (Fsp3) is 0.615. The van der Waals surface area contributed by atoms with Gasteiger partial charge in [0, 0.05) is 18.5 Å².